The molecule has 0 amide bonds. The molecule has 9 nitrogen and oxygen atoms in total. The van der Waals surface area contributed by atoms with Gasteiger partial charge in [0.1, 0.15) is 11.9 Å². The van der Waals surface area contributed by atoms with Crippen molar-refractivity contribution in [3.63, 3.8) is 0 Å². The van der Waals surface area contributed by atoms with Crippen LogP contribution in [0.25, 0.3) is 0 Å². The van der Waals surface area contributed by atoms with Crippen LogP contribution in [0.1, 0.15) is 31.1 Å². The van der Waals surface area contributed by atoms with E-state index < -0.39 is 28.0 Å². The number of aliphatic hydroxyl groups is 1. The van der Waals surface area contributed by atoms with Crippen molar-refractivity contribution in [3.8, 4) is 5.75 Å². The third kappa shape index (κ3) is 10.7. The molecule has 0 heterocycles. The van der Waals surface area contributed by atoms with Crippen LogP contribution in [-0.2, 0) is 35.3 Å². The Morgan fingerprint density at radius 1 is 0.929 bits per heavy atom. The van der Waals surface area contributed by atoms with E-state index >= 15 is 0 Å². The molecule has 1 atom stereocenters. The largest absolute Gasteiger partial charge is 0.482 e. The van der Waals surface area contributed by atoms with Crippen molar-refractivity contribution >= 4 is 27.4 Å². The molecule has 0 aliphatic carbocycles. The molecule has 0 aliphatic heterocycles. The normalized spacial score (nSPS) is 12.3. The SMILES string of the molecule is CCOCC(COCC)OC(=O)COc1ccc(S(=O)(=O)c2ccc(CCNCC(O)c3cccc(Cl)c3)cc2)cc1. The summed E-state index contributed by atoms with van der Waals surface area (Å²) >= 11 is 5.98. The number of esters is 1. The highest BCUT2D eigenvalue weighted by Gasteiger charge is 2.19. The van der Waals surface area contributed by atoms with Crippen LogP contribution >= 0.6 is 11.6 Å². The maximum Gasteiger partial charge on any atom is 0.344 e. The van der Waals surface area contributed by atoms with Gasteiger partial charge in [-0.3, -0.25) is 0 Å². The summed E-state index contributed by atoms with van der Waals surface area (Å²) in [6.07, 6.45) is -0.552. The van der Waals surface area contributed by atoms with Crippen LogP contribution in [0.2, 0.25) is 5.02 Å². The highest BCUT2D eigenvalue weighted by atomic mass is 35.5. The van der Waals surface area contributed by atoms with Crippen LogP contribution < -0.4 is 10.1 Å². The molecule has 0 radical (unpaired) electrons. The Labute approximate surface area is 252 Å². The minimum Gasteiger partial charge on any atom is -0.482 e. The van der Waals surface area contributed by atoms with Crippen LogP contribution in [0.15, 0.2) is 82.6 Å². The van der Waals surface area contributed by atoms with Gasteiger partial charge in [-0.1, -0.05) is 35.9 Å². The minimum absolute atomic E-state index is 0.107. The average Bonchev–Trinajstić information content (AvgIpc) is 3.00. The third-order valence-electron chi connectivity index (χ3n) is 6.20. The third-order valence-corrected chi connectivity index (χ3v) is 8.22. The molecule has 42 heavy (non-hydrogen) atoms. The minimum atomic E-state index is -3.74. The fourth-order valence-electron chi connectivity index (χ4n) is 3.97. The monoisotopic (exact) mass is 619 g/mol. The molecule has 228 valence electrons. The second-order valence-corrected chi connectivity index (χ2v) is 11.7. The van der Waals surface area contributed by atoms with Gasteiger partial charge in [0, 0.05) is 24.8 Å². The van der Waals surface area contributed by atoms with Crippen molar-refractivity contribution in [3.05, 3.63) is 88.9 Å². The summed E-state index contributed by atoms with van der Waals surface area (Å²) < 4.78 is 47.7. The molecule has 0 saturated heterocycles. The first-order chi connectivity index (χ1) is 20.2. The zero-order valence-corrected chi connectivity index (χ0v) is 25.4. The van der Waals surface area contributed by atoms with Gasteiger partial charge in [0.05, 0.1) is 29.1 Å². The van der Waals surface area contributed by atoms with Gasteiger partial charge in [-0.15, -0.1) is 0 Å². The summed E-state index contributed by atoms with van der Waals surface area (Å²) in [5, 5.41) is 14.1. The topological polar surface area (TPSA) is 120 Å². The van der Waals surface area contributed by atoms with E-state index in [1.807, 2.05) is 19.9 Å². The Kier molecular flexibility index (Phi) is 13.7. The van der Waals surface area contributed by atoms with Gasteiger partial charge < -0.3 is 29.4 Å². The molecular weight excluding hydrogens is 582 g/mol. The van der Waals surface area contributed by atoms with E-state index in [2.05, 4.69) is 5.32 Å². The van der Waals surface area contributed by atoms with Crippen LogP contribution in [0.5, 0.6) is 5.75 Å². The highest BCUT2D eigenvalue weighted by molar-refractivity contribution is 7.91. The molecule has 3 aromatic carbocycles. The van der Waals surface area contributed by atoms with Crippen molar-refractivity contribution in [2.75, 3.05) is 46.1 Å². The van der Waals surface area contributed by atoms with E-state index in [4.69, 9.17) is 30.5 Å². The highest BCUT2D eigenvalue weighted by Crippen LogP contribution is 2.24. The summed E-state index contributed by atoms with van der Waals surface area (Å²) in [7, 11) is -3.74. The first-order valence-electron chi connectivity index (χ1n) is 13.8. The molecular formula is C31H38ClNO8S. The average molecular weight is 620 g/mol. The summed E-state index contributed by atoms with van der Waals surface area (Å²) in [5.74, 6) is -0.246. The molecule has 0 aromatic heterocycles. The molecule has 3 aromatic rings. The fraction of sp³-hybridized carbons (Fsp3) is 0.387. The predicted molar refractivity (Wildman–Crippen MR) is 160 cm³/mol. The van der Waals surface area contributed by atoms with Crippen LogP contribution in [0, 0.1) is 0 Å². The Morgan fingerprint density at radius 2 is 1.55 bits per heavy atom. The zero-order valence-electron chi connectivity index (χ0n) is 23.8. The second-order valence-electron chi connectivity index (χ2n) is 9.36. The Bertz CT molecular complexity index is 1340. The van der Waals surface area contributed by atoms with Gasteiger partial charge in [0.25, 0.3) is 0 Å². The first kappa shape index (κ1) is 33.5. The van der Waals surface area contributed by atoms with Crippen molar-refractivity contribution in [1.82, 2.24) is 5.32 Å². The van der Waals surface area contributed by atoms with Gasteiger partial charge in [-0.2, -0.15) is 0 Å². The molecule has 11 heteroatoms. The Hall–Kier alpha value is -2.99. The number of hydrogen-bond donors (Lipinski definition) is 2. The molecule has 0 aliphatic rings. The Balaban J connectivity index is 1.47. The molecule has 0 saturated carbocycles. The molecule has 1 unspecified atom stereocenters. The number of rotatable bonds is 18. The lowest BCUT2D eigenvalue weighted by Crippen LogP contribution is -2.30. The number of ether oxygens (including phenoxy) is 4. The number of carbonyl (C=O) groups excluding carboxylic acids is 1. The summed E-state index contributed by atoms with van der Waals surface area (Å²) in [6.45, 7) is 5.77. The van der Waals surface area contributed by atoms with E-state index in [9.17, 15) is 18.3 Å². The summed E-state index contributed by atoms with van der Waals surface area (Å²) in [4.78, 5) is 12.5. The zero-order chi connectivity index (χ0) is 30.4. The van der Waals surface area contributed by atoms with Gasteiger partial charge in [0.15, 0.2) is 6.61 Å². The van der Waals surface area contributed by atoms with Crippen molar-refractivity contribution in [1.29, 1.82) is 0 Å². The number of benzene rings is 3. The maximum absolute atomic E-state index is 13.1. The van der Waals surface area contributed by atoms with E-state index in [0.717, 1.165) is 11.1 Å². The van der Waals surface area contributed by atoms with E-state index in [-0.39, 0.29) is 29.6 Å². The molecule has 0 fully saturated rings. The molecule has 3 rings (SSSR count). The number of hydrogen-bond acceptors (Lipinski definition) is 9. The molecule has 0 bridgehead atoms. The number of halogens is 1. The van der Waals surface area contributed by atoms with Gasteiger partial charge in [-0.05, 0) is 86.5 Å². The lowest BCUT2D eigenvalue weighted by atomic mass is 10.1. The van der Waals surface area contributed by atoms with E-state index in [0.29, 0.717) is 43.5 Å². The van der Waals surface area contributed by atoms with Crippen LogP contribution in [0.3, 0.4) is 0 Å². The summed E-state index contributed by atoms with van der Waals surface area (Å²) in [5.41, 5.74) is 1.70. The first-order valence-corrected chi connectivity index (χ1v) is 15.6. The quantitative estimate of drug-likeness (QED) is 0.158. The standard InChI is InChI=1S/C31H38ClNO8S/c1-3-38-20-27(21-39-4-2)41-31(35)22-40-26-10-14-29(15-11-26)42(36,37)28-12-8-23(9-13-28)16-17-33-19-30(34)24-6-5-7-25(32)18-24/h5-15,18,27,30,33-34H,3-4,16-17,19-22H2,1-2H3. The van der Waals surface area contributed by atoms with Crippen LogP contribution in [0.4, 0.5) is 0 Å². The van der Waals surface area contributed by atoms with Gasteiger partial charge >= 0.3 is 5.97 Å². The number of nitrogens with one attached hydrogen (secondary N) is 1. The fourth-order valence-corrected chi connectivity index (χ4v) is 5.43. The lowest BCUT2D eigenvalue weighted by molar-refractivity contribution is -0.158. The van der Waals surface area contributed by atoms with Crippen molar-refractivity contribution < 1.29 is 37.3 Å². The number of aliphatic hydroxyl groups excluding tert-OH is 1. The van der Waals surface area contributed by atoms with Gasteiger partial charge in [-0.25, -0.2) is 13.2 Å². The lowest BCUT2D eigenvalue weighted by Gasteiger charge is -2.17. The maximum atomic E-state index is 13.1. The van der Waals surface area contributed by atoms with E-state index in [1.165, 1.54) is 24.3 Å². The predicted octanol–water partition coefficient (Wildman–Crippen LogP) is 4.40. The number of sulfone groups is 1. The van der Waals surface area contributed by atoms with Crippen molar-refractivity contribution in [2.45, 2.75) is 42.3 Å². The summed E-state index contributed by atoms with van der Waals surface area (Å²) in [6, 6.07) is 19.7. The van der Waals surface area contributed by atoms with Crippen molar-refractivity contribution in [2.24, 2.45) is 0 Å². The van der Waals surface area contributed by atoms with Gasteiger partial charge in [0.2, 0.25) is 9.84 Å². The van der Waals surface area contributed by atoms with Crippen LogP contribution in [-0.4, -0.2) is 71.7 Å². The molecule has 0 spiro atoms. The number of carbonyl (C=O) groups is 1. The Morgan fingerprint density at radius 3 is 2.14 bits per heavy atom. The smallest absolute Gasteiger partial charge is 0.344 e. The van der Waals surface area contributed by atoms with E-state index in [1.54, 1.807) is 42.5 Å². The second kappa shape index (κ2) is 17.2. The molecule has 2 N–H and O–H groups in total.